The van der Waals surface area contributed by atoms with Crippen LogP contribution in [-0.4, -0.2) is 29.6 Å². The molecule has 1 aromatic heterocycles. The number of anilines is 2. The molecule has 1 saturated carbocycles. The molecule has 0 amide bonds. The molecule has 4 nitrogen and oxygen atoms in total. The van der Waals surface area contributed by atoms with Gasteiger partial charge in [0.05, 0.1) is 0 Å². The molecular weight excluding hydrogens is 248 g/mol. The smallest absolute Gasteiger partial charge is 0.138 e. The number of nitrogens with zero attached hydrogens (tertiary/aromatic N) is 3. The quantitative estimate of drug-likeness (QED) is 0.894. The Balaban J connectivity index is 2.36. The fraction of sp³-hybridized carbons (Fsp3) is 0.750. The lowest BCUT2D eigenvalue weighted by atomic mass is 9.95. The molecule has 1 N–H and O–H groups in total. The summed E-state index contributed by atoms with van der Waals surface area (Å²) in [7, 11) is 1.92. The highest BCUT2D eigenvalue weighted by Gasteiger charge is 2.27. The van der Waals surface area contributed by atoms with Gasteiger partial charge in [-0.3, -0.25) is 0 Å². The van der Waals surface area contributed by atoms with Crippen LogP contribution in [0.5, 0.6) is 0 Å². The van der Waals surface area contributed by atoms with Crippen molar-refractivity contribution < 1.29 is 0 Å². The lowest BCUT2D eigenvalue weighted by Gasteiger charge is -2.29. The number of rotatable bonds is 5. The third kappa shape index (κ3) is 3.62. The molecule has 2 rings (SSSR count). The van der Waals surface area contributed by atoms with Gasteiger partial charge in [0.15, 0.2) is 0 Å². The van der Waals surface area contributed by atoms with Crippen molar-refractivity contribution in [2.45, 2.75) is 58.9 Å². The van der Waals surface area contributed by atoms with Gasteiger partial charge >= 0.3 is 0 Å². The monoisotopic (exact) mass is 276 g/mol. The van der Waals surface area contributed by atoms with Crippen molar-refractivity contribution >= 4 is 11.6 Å². The van der Waals surface area contributed by atoms with Crippen LogP contribution in [0.1, 0.15) is 53.3 Å². The molecule has 1 aliphatic rings. The Morgan fingerprint density at radius 1 is 1.30 bits per heavy atom. The van der Waals surface area contributed by atoms with E-state index >= 15 is 0 Å². The van der Waals surface area contributed by atoms with Crippen LogP contribution < -0.4 is 10.2 Å². The Morgan fingerprint density at radius 3 is 2.40 bits per heavy atom. The van der Waals surface area contributed by atoms with E-state index < -0.39 is 0 Å². The Bertz CT molecular complexity index is 458. The predicted molar refractivity (Wildman–Crippen MR) is 85.5 cm³/mol. The molecule has 0 aliphatic heterocycles. The van der Waals surface area contributed by atoms with E-state index in [1.807, 2.05) is 7.05 Å². The molecule has 0 radical (unpaired) electrons. The second kappa shape index (κ2) is 5.58. The van der Waals surface area contributed by atoms with E-state index in [2.05, 4.69) is 55.9 Å². The number of nitrogens with one attached hydrogen (secondary N) is 1. The van der Waals surface area contributed by atoms with Crippen LogP contribution in [0.4, 0.5) is 11.6 Å². The van der Waals surface area contributed by atoms with Crippen molar-refractivity contribution in [1.29, 1.82) is 0 Å². The summed E-state index contributed by atoms with van der Waals surface area (Å²) in [4.78, 5) is 11.9. The van der Waals surface area contributed by atoms with Gasteiger partial charge in [-0.1, -0.05) is 20.8 Å². The largest absolute Gasteiger partial charge is 0.373 e. The van der Waals surface area contributed by atoms with Crippen molar-refractivity contribution in [2.24, 2.45) is 5.92 Å². The molecule has 112 valence electrons. The molecule has 0 saturated heterocycles. The van der Waals surface area contributed by atoms with Gasteiger partial charge in [0.25, 0.3) is 0 Å². The van der Waals surface area contributed by atoms with Gasteiger partial charge in [-0.05, 0) is 32.6 Å². The number of hydrogen-bond acceptors (Lipinski definition) is 4. The van der Waals surface area contributed by atoms with Crippen LogP contribution in [-0.2, 0) is 5.41 Å². The van der Waals surface area contributed by atoms with Crippen LogP contribution in [0.3, 0.4) is 0 Å². The predicted octanol–water partition coefficient (Wildman–Crippen LogP) is 3.44. The molecule has 0 atom stereocenters. The first kappa shape index (κ1) is 15.1. The number of aromatic nitrogens is 2. The maximum atomic E-state index is 4.83. The lowest BCUT2D eigenvalue weighted by molar-refractivity contribution is 0.541. The van der Waals surface area contributed by atoms with Gasteiger partial charge in [-0.2, -0.15) is 0 Å². The first-order chi connectivity index (χ1) is 9.31. The minimum absolute atomic E-state index is 0.0379. The van der Waals surface area contributed by atoms with Crippen molar-refractivity contribution in [3.05, 3.63) is 11.9 Å². The molecule has 0 aromatic carbocycles. The molecule has 1 aliphatic carbocycles. The summed E-state index contributed by atoms with van der Waals surface area (Å²) in [5.74, 6) is 3.71. The molecule has 0 bridgehead atoms. The molecule has 1 aromatic rings. The van der Waals surface area contributed by atoms with Crippen molar-refractivity contribution in [2.75, 3.05) is 23.8 Å². The molecule has 20 heavy (non-hydrogen) atoms. The zero-order chi connectivity index (χ0) is 14.9. The highest BCUT2D eigenvalue weighted by Crippen LogP contribution is 2.33. The van der Waals surface area contributed by atoms with Crippen LogP contribution in [0.25, 0.3) is 0 Å². The average molecular weight is 276 g/mol. The standard InChI is InChI=1S/C16H28N4/c1-11(2)20(10-12-7-8-12)14-9-13(17-6)18-15(19-14)16(3,4)5/h9,11-12H,7-8,10H2,1-6H3,(H,17,18,19). The van der Waals surface area contributed by atoms with Crippen molar-refractivity contribution in [3.8, 4) is 0 Å². The number of hydrogen-bond donors (Lipinski definition) is 1. The van der Waals surface area contributed by atoms with Crippen molar-refractivity contribution in [1.82, 2.24) is 9.97 Å². The van der Waals surface area contributed by atoms with Crippen LogP contribution in [0.15, 0.2) is 6.07 Å². The first-order valence-corrected chi connectivity index (χ1v) is 7.65. The van der Waals surface area contributed by atoms with Gasteiger partial charge in [0.1, 0.15) is 17.5 Å². The van der Waals surface area contributed by atoms with E-state index in [1.165, 1.54) is 12.8 Å². The van der Waals surface area contributed by atoms with E-state index in [1.54, 1.807) is 0 Å². The minimum atomic E-state index is -0.0379. The maximum Gasteiger partial charge on any atom is 0.138 e. The van der Waals surface area contributed by atoms with Crippen LogP contribution in [0.2, 0.25) is 0 Å². The molecule has 1 heterocycles. The Labute approximate surface area is 123 Å². The van der Waals surface area contributed by atoms with Gasteiger partial charge in [-0.15, -0.1) is 0 Å². The summed E-state index contributed by atoms with van der Waals surface area (Å²) in [6, 6.07) is 2.53. The van der Waals surface area contributed by atoms with E-state index in [4.69, 9.17) is 4.98 Å². The third-order valence-electron chi connectivity index (χ3n) is 3.71. The maximum absolute atomic E-state index is 4.83. The summed E-state index contributed by atoms with van der Waals surface area (Å²) >= 11 is 0. The van der Waals surface area contributed by atoms with Crippen molar-refractivity contribution in [3.63, 3.8) is 0 Å². The van der Waals surface area contributed by atoms with E-state index in [-0.39, 0.29) is 5.41 Å². The normalized spacial score (nSPS) is 15.6. The summed E-state index contributed by atoms with van der Waals surface area (Å²) in [5.41, 5.74) is -0.0379. The molecule has 0 unspecified atom stereocenters. The van der Waals surface area contributed by atoms with Gasteiger partial charge < -0.3 is 10.2 Å². The van der Waals surface area contributed by atoms with Gasteiger partial charge in [-0.25, -0.2) is 9.97 Å². The summed E-state index contributed by atoms with van der Waals surface area (Å²) in [6.07, 6.45) is 2.72. The zero-order valence-electron chi connectivity index (χ0n) is 13.7. The summed E-state index contributed by atoms with van der Waals surface area (Å²) < 4.78 is 0. The second-order valence-corrected chi connectivity index (χ2v) is 7.12. The summed E-state index contributed by atoms with van der Waals surface area (Å²) in [5, 5.41) is 3.16. The SMILES string of the molecule is CNc1cc(N(CC2CC2)C(C)C)nc(C(C)(C)C)n1. The van der Waals surface area contributed by atoms with E-state index in [0.29, 0.717) is 6.04 Å². The minimum Gasteiger partial charge on any atom is -0.373 e. The highest BCUT2D eigenvalue weighted by atomic mass is 15.2. The Morgan fingerprint density at radius 2 is 1.95 bits per heavy atom. The third-order valence-corrected chi connectivity index (χ3v) is 3.71. The fourth-order valence-corrected chi connectivity index (χ4v) is 2.19. The fourth-order valence-electron chi connectivity index (χ4n) is 2.19. The molecule has 4 heteroatoms. The van der Waals surface area contributed by atoms with Crippen LogP contribution >= 0.6 is 0 Å². The summed E-state index contributed by atoms with van der Waals surface area (Å²) in [6.45, 7) is 12.1. The lowest BCUT2D eigenvalue weighted by Crippen LogP contribution is -2.34. The highest BCUT2D eigenvalue weighted by molar-refractivity contribution is 5.50. The average Bonchev–Trinajstić information content (AvgIpc) is 3.17. The van der Waals surface area contributed by atoms with E-state index in [9.17, 15) is 0 Å². The van der Waals surface area contributed by atoms with Gasteiger partial charge in [0, 0.05) is 31.1 Å². The Hall–Kier alpha value is -1.32. The first-order valence-electron chi connectivity index (χ1n) is 7.65. The molecule has 1 fully saturated rings. The zero-order valence-corrected chi connectivity index (χ0v) is 13.7. The second-order valence-electron chi connectivity index (χ2n) is 7.12. The van der Waals surface area contributed by atoms with Crippen LogP contribution in [0, 0.1) is 5.92 Å². The van der Waals surface area contributed by atoms with E-state index in [0.717, 1.165) is 29.9 Å². The topological polar surface area (TPSA) is 41.0 Å². The Kier molecular flexibility index (Phi) is 4.21. The van der Waals surface area contributed by atoms with Gasteiger partial charge in [0.2, 0.25) is 0 Å². The molecule has 0 spiro atoms. The molecular formula is C16H28N4.